The summed E-state index contributed by atoms with van der Waals surface area (Å²) in [5.74, 6) is 1.07. The van der Waals surface area contributed by atoms with Crippen molar-refractivity contribution in [2.75, 3.05) is 0 Å². The lowest BCUT2D eigenvalue weighted by atomic mass is 10.1. The molecule has 0 aliphatic carbocycles. The Hall–Kier alpha value is -12.9. The third-order valence-electron chi connectivity index (χ3n) is 20.9. The highest BCUT2D eigenvalue weighted by molar-refractivity contribution is 6.31. The molecule has 0 atom stereocenters. The van der Waals surface area contributed by atoms with E-state index >= 15 is 0 Å². The van der Waals surface area contributed by atoms with Gasteiger partial charge < -0.3 is 18.3 Å². The van der Waals surface area contributed by atoms with E-state index in [4.69, 9.17) is 11.6 Å². The number of hydrogen-bond donors (Lipinski definition) is 4. The molecule has 0 fully saturated rings. The van der Waals surface area contributed by atoms with Gasteiger partial charge in [-0.15, -0.1) is 0 Å². The van der Waals surface area contributed by atoms with E-state index in [9.17, 15) is 42.7 Å². The van der Waals surface area contributed by atoms with E-state index in [1.807, 2.05) is 135 Å². The fourth-order valence-corrected chi connectivity index (χ4v) is 14.3. The zero-order chi connectivity index (χ0) is 81.1. The minimum atomic E-state index is -0.685. The number of aromatic amines is 4. The van der Waals surface area contributed by atoms with Crippen LogP contribution < -0.4 is 45.0 Å². The van der Waals surface area contributed by atoms with Crippen LogP contribution in [0.3, 0.4) is 0 Å². The van der Waals surface area contributed by atoms with Gasteiger partial charge in [-0.1, -0.05) is 95.5 Å². The molecule has 580 valence electrons. The predicted octanol–water partition coefficient (Wildman–Crippen LogP) is 13.4. The number of nitrogens with one attached hydrogen (secondary N) is 4. The summed E-state index contributed by atoms with van der Waals surface area (Å²) in [5, 5.41) is 0.756. The molecule has 8 heterocycles. The predicted molar refractivity (Wildman–Crippen MR) is 445 cm³/mol. The molecule has 0 unspecified atom stereocenters. The molecule has 0 aromatic heterocycles. The van der Waals surface area contributed by atoms with Crippen LogP contribution in [0.25, 0.3) is 90.2 Å². The molecule has 0 bridgehead atoms. The number of rotatable bonds is 16. The van der Waals surface area contributed by atoms with Crippen LogP contribution >= 0.6 is 11.6 Å². The van der Waals surface area contributed by atoms with Crippen molar-refractivity contribution >= 4 is 55.7 Å². The van der Waals surface area contributed by atoms with Crippen molar-refractivity contribution in [1.82, 2.24) is 78.1 Å². The Bertz CT molecular complexity index is 6590. The monoisotopic (exact) mass is 1550 g/mol. The number of nitrogens with zero attached hydrogens (tertiary/aromatic N) is 12. The van der Waals surface area contributed by atoms with Crippen molar-refractivity contribution < 1.29 is 4.39 Å². The first-order valence-electron chi connectivity index (χ1n) is 37.8. The van der Waals surface area contributed by atoms with Gasteiger partial charge in [0.25, 0.3) is 22.2 Å². The molecule has 0 radical (unpaired) electrons. The van der Waals surface area contributed by atoms with Crippen LogP contribution in [0.5, 0.6) is 0 Å². The topological polar surface area (TPSA) is 323 Å². The van der Waals surface area contributed by atoms with Crippen LogP contribution in [0, 0.1) is 88.9 Å². The molecule has 8 aromatic carbocycles. The van der Waals surface area contributed by atoms with Crippen LogP contribution in [0.4, 0.5) is 4.39 Å². The Balaban J connectivity index is 0.000000133. The van der Waals surface area contributed by atoms with Crippen molar-refractivity contribution in [3.05, 3.63) is 317 Å². The maximum atomic E-state index is 13.5. The van der Waals surface area contributed by atoms with E-state index in [-0.39, 0.29) is 34.4 Å². The second-order valence-electron chi connectivity index (χ2n) is 29.5. The lowest BCUT2D eigenvalue weighted by Crippen LogP contribution is -2.29. The van der Waals surface area contributed by atoms with Gasteiger partial charge in [-0.05, 0) is 273 Å². The van der Waals surface area contributed by atoms with Gasteiger partial charge >= 0.3 is 22.8 Å². The molecular formula is C88H86ClFN16O8. The average Bonchev–Trinajstić information content (AvgIpc) is 0.773. The molecule has 26 heteroatoms. The highest BCUT2D eigenvalue weighted by Crippen LogP contribution is 2.30. The zero-order valence-corrected chi connectivity index (χ0v) is 66.3. The normalized spacial score (nSPS) is 11.4. The summed E-state index contributed by atoms with van der Waals surface area (Å²) < 4.78 is 21.2. The van der Waals surface area contributed by atoms with Crippen LogP contribution in [0.15, 0.2) is 172 Å². The maximum Gasteiger partial charge on any atom is 0.349 e. The highest BCUT2D eigenvalue weighted by atomic mass is 35.5. The first-order valence-corrected chi connectivity index (χ1v) is 38.2. The van der Waals surface area contributed by atoms with Crippen molar-refractivity contribution in [2.24, 2.45) is 0 Å². The number of aromatic nitrogens is 16. The Morgan fingerprint density at radius 1 is 0.298 bits per heavy atom. The van der Waals surface area contributed by atoms with Crippen LogP contribution in [0.2, 0.25) is 5.02 Å². The first-order chi connectivity index (χ1) is 54.5. The standard InChI is InChI=1S/C22H21ClN4O2.C22H21FN4O2.2C22H22N4O2/c2*1-12-10-17-18(11-13(12)2)27(20-19(24-17)21(28)26-22(29)25-20)8-4-5-15-6-7-16(23)14(3)9-15;1-13-6-4-7-16(10-13)8-5-9-26-18-12-15(3)14(2)11-17(18)23-19-20(26)24-22(28)25-21(19)27;1-13-6-8-16(9-7-13)5-4-10-26-18-12-15(3)14(2)11-17(18)23-19-20(26)24-22(28)25-21(19)27/h2*6-7,9-11H,4-5,8H2,1-3H3,(H,26,28,29);4,6-7,10-12H,5,8-9H2,1-3H3,(H,25,27,28);6-9,11-12H,4-5,10H2,1-3H3,(H,25,27,28). The lowest BCUT2D eigenvalue weighted by molar-refractivity contribution is 0.615. The SMILES string of the molecule is Cc1cc2nc3c(=O)[nH]c(=O)nc-3n(CCCc3ccc(Cl)c(C)c3)c2cc1C.Cc1cc2nc3c(=O)[nH]c(=O)nc-3n(CCCc3ccc(F)c(C)c3)c2cc1C.Cc1ccc(CCCn2c3nc(=O)[nH]c(=O)c-3nc3cc(C)c(C)cc32)cc1.Cc1cccc(CCCn2c3nc(=O)[nH]c(=O)c-3nc3cc(C)c(C)cc32)c1. The summed E-state index contributed by atoms with van der Waals surface area (Å²) in [7, 11) is 0. The van der Waals surface area contributed by atoms with Gasteiger partial charge in [-0.3, -0.25) is 39.1 Å². The molecule has 0 spiro atoms. The van der Waals surface area contributed by atoms with Gasteiger partial charge in [0, 0.05) is 31.2 Å². The quantitative estimate of drug-likeness (QED) is 0.0653. The summed E-state index contributed by atoms with van der Waals surface area (Å²) in [6.45, 7) is 26.5. The Kier molecular flexibility index (Phi) is 23.3. The summed E-state index contributed by atoms with van der Waals surface area (Å²) in [5.41, 5.74) is 20.1. The van der Waals surface area contributed by atoms with E-state index in [2.05, 4.69) is 140 Å². The second kappa shape index (κ2) is 33.6. The molecular weight excluding hydrogens is 1460 g/mol. The van der Waals surface area contributed by atoms with Gasteiger partial charge in [0.05, 0.1) is 44.1 Å². The lowest BCUT2D eigenvalue weighted by Gasteiger charge is -2.18. The molecule has 24 nitrogen and oxygen atoms in total. The van der Waals surface area contributed by atoms with Crippen molar-refractivity contribution in [3.8, 4) is 46.1 Å². The first kappa shape index (κ1) is 79.2. The van der Waals surface area contributed by atoms with Crippen molar-refractivity contribution in [2.45, 2.75) is 161 Å². The number of hydrogen-bond acceptors (Lipinski definition) is 16. The highest BCUT2D eigenvalue weighted by Gasteiger charge is 2.25. The van der Waals surface area contributed by atoms with Crippen LogP contribution in [-0.2, 0) is 51.9 Å². The van der Waals surface area contributed by atoms with E-state index in [0.29, 0.717) is 60.2 Å². The molecule has 8 aliphatic heterocycles. The number of fused-ring (bicyclic) bond motifs is 8. The van der Waals surface area contributed by atoms with Crippen LogP contribution in [-0.4, -0.2) is 78.1 Å². The minimum Gasteiger partial charge on any atom is -0.322 e. The molecule has 4 N–H and O–H groups in total. The van der Waals surface area contributed by atoms with Gasteiger partial charge in [-0.2, -0.15) is 19.9 Å². The second-order valence-corrected chi connectivity index (χ2v) is 29.9. The number of benzene rings is 8. The number of H-pyrrole nitrogens is 4. The van der Waals surface area contributed by atoms with Crippen molar-refractivity contribution in [1.29, 1.82) is 0 Å². The summed E-state index contributed by atoms with van der Waals surface area (Å²) >= 11 is 6.12. The third kappa shape index (κ3) is 17.6. The molecule has 8 aliphatic rings. The molecule has 0 amide bonds. The zero-order valence-electron chi connectivity index (χ0n) is 65.6. The molecule has 0 saturated heterocycles. The molecule has 16 rings (SSSR count). The van der Waals surface area contributed by atoms with E-state index in [1.54, 1.807) is 13.0 Å². The molecule has 0 saturated carbocycles. The molecule has 8 aromatic rings. The van der Waals surface area contributed by atoms with E-state index in [0.717, 1.165) is 145 Å². The Morgan fingerprint density at radius 3 is 0.904 bits per heavy atom. The fraction of sp³-hybridized carbons (Fsp3) is 0.273. The van der Waals surface area contributed by atoms with E-state index in [1.165, 1.54) is 33.9 Å². The van der Waals surface area contributed by atoms with Crippen molar-refractivity contribution in [3.63, 3.8) is 0 Å². The Labute approximate surface area is 658 Å². The van der Waals surface area contributed by atoms with Gasteiger partial charge in [0.2, 0.25) is 0 Å². The third-order valence-corrected chi connectivity index (χ3v) is 21.4. The average molecular weight is 1550 g/mol. The number of aryl methyl sites for hydroxylation is 20. The minimum absolute atomic E-state index is 0.151. The molecule has 114 heavy (non-hydrogen) atoms. The largest absolute Gasteiger partial charge is 0.349 e. The summed E-state index contributed by atoms with van der Waals surface area (Å²) in [6, 6.07) is 44.1. The van der Waals surface area contributed by atoms with Gasteiger partial charge in [-0.25, -0.2) is 43.5 Å². The summed E-state index contributed by atoms with van der Waals surface area (Å²) in [6.07, 6.45) is 6.64. The van der Waals surface area contributed by atoms with Crippen LogP contribution in [0.1, 0.15) is 115 Å². The van der Waals surface area contributed by atoms with E-state index < -0.39 is 45.0 Å². The number of halogens is 2. The Morgan fingerprint density at radius 2 is 0.588 bits per heavy atom. The fourth-order valence-electron chi connectivity index (χ4n) is 14.2. The smallest absolute Gasteiger partial charge is 0.322 e. The van der Waals surface area contributed by atoms with Gasteiger partial charge in [0.15, 0.2) is 46.1 Å². The van der Waals surface area contributed by atoms with Gasteiger partial charge in [0.1, 0.15) is 5.82 Å². The summed E-state index contributed by atoms with van der Waals surface area (Å²) in [4.78, 5) is 140. The maximum absolute atomic E-state index is 13.5.